The third kappa shape index (κ3) is 4.37. The number of aromatic nitrogens is 2. The van der Waals surface area contributed by atoms with Crippen LogP contribution >= 0.6 is 0 Å². The van der Waals surface area contributed by atoms with Gasteiger partial charge in [-0.1, -0.05) is 6.92 Å². The molecule has 0 radical (unpaired) electrons. The highest BCUT2D eigenvalue weighted by atomic mass is 32.2. The van der Waals surface area contributed by atoms with Crippen LogP contribution in [0.2, 0.25) is 0 Å². The fourth-order valence-electron chi connectivity index (χ4n) is 3.73. The Morgan fingerprint density at radius 2 is 2.23 bits per heavy atom. The summed E-state index contributed by atoms with van der Waals surface area (Å²) in [5.74, 6) is 1.73. The zero-order valence-electron chi connectivity index (χ0n) is 15.7. The lowest BCUT2D eigenvalue weighted by Crippen LogP contribution is -2.49. The van der Waals surface area contributed by atoms with Crippen molar-refractivity contribution in [3.8, 4) is 0 Å². The second-order valence-corrected chi connectivity index (χ2v) is 9.18. The van der Waals surface area contributed by atoms with Gasteiger partial charge in [0, 0.05) is 45.1 Å². The normalized spacial score (nSPS) is 27.0. The second-order valence-electron chi connectivity index (χ2n) is 7.09. The van der Waals surface area contributed by atoms with Crippen LogP contribution in [0, 0.1) is 5.92 Å². The molecule has 0 bridgehead atoms. The van der Waals surface area contributed by atoms with E-state index in [0.717, 1.165) is 38.4 Å². The summed E-state index contributed by atoms with van der Waals surface area (Å²) in [5, 5.41) is 3.36. The Labute approximate surface area is 156 Å². The SMILES string of the molecule is CCNC(=NCCN1CCCS1(=O)=O)N1CCC(C)C(n2ccnc2)C1. The average Bonchev–Trinajstić information content (AvgIpc) is 3.25. The van der Waals surface area contributed by atoms with Gasteiger partial charge in [0.2, 0.25) is 10.0 Å². The molecule has 2 unspecified atom stereocenters. The Bertz CT molecular complexity index is 703. The lowest BCUT2D eigenvalue weighted by molar-refractivity contribution is 0.189. The topological polar surface area (TPSA) is 82.8 Å². The largest absolute Gasteiger partial charge is 0.357 e. The molecule has 1 N–H and O–H groups in total. The predicted molar refractivity (Wildman–Crippen MR) is 103 cm³/mol. The molecule has 1 aromatic rings. The summed E-state index contributed by atoms with van der Waals surface area (Å²) in [7, 11) is -3.05. The fraction of sp³-hybridized carbons (Fsp3) is 0.765. The summed E-state index contributed by atoms with van der Waals surface area (Å²) in [5.41, 5.74) is 0. The van der Waals surface area contributed by atoms with Gasteiger partial charge in [-0.15, -0.1) is 0 Å². The van der Waals surface area contributed by atoms with E-state index in [4.69, 9.17) is 4.99 Å². The minimum absolute atomic E-state index is 0.271. The molecule has 3 heterocycles. The van der Waals surface area contributed by atoms with Crippen LogP contribution in [-0.2, 0) is 10.0 Å². The van der Waals surface area contributed by atoms with Crippen molar-refractivity contribution in [2.45, 2.75) is 32.7 Å². The molecule has 8 nitrogen and oxygen atoms in total. The number of hydrogen-bond donors (Lipinski definition) is 1. The Morgan fingerprint density at radius 1 is 1.38 bits per heavy atom. The van der Waals surface area contributed by atoms with E-state index in [9.17, 15) is 8.42 Å². The van der Waals surface area contributed by atoms with Gasteiger partial charge in [0.05, 0.1) is 24.7 Å². The van der Waals surface area contributed by atoms with E-state index in [2.05, 4.69) is 33.6 Å². The third-order valence-electron chi connectivity index (χ3n) is 5.28. The molecule has 0 aromatic carbocycles. The Hall–Kier alpha value is -1.61. The molecule has 0 amide bonds. The minimum atomic E-state index is -3.05. The van der Waals surface area contributed by atoms with Crippen LogP contribution in [0.5, 0.6) is 0 Å². The van der Waals surface area contributed by atoms with Crippen LogP contribution in [0.25, 0.3) is 0 Å². The Kier molecular flexibility index (Phi) is 6.18. The third-order valence-corrected chi connectivity index (χ3v) is 7.23. The van der Waals surface area contributed by atoms with Gasteiger partial charge in [0.15, 0.2) is 5.96 Å². The smallest absolute Gasteiger partial charge is 0.214 e. The first kappa shape index (κ1) is 19.2. The molecule has 9 heteroatoms. The zero-order chi connectivity index (χ0) is 18.6. The maximum atomic E-state index is 11.9. The molecule has 3 rings (SSSR count). The number of aliphatic imine (C=N–C) groups is 1. The number of nitrogens with zero attached hydrogens (tertiary/aromatic N) is 5. The monoisotopic (exact) mass is 382 g/mol. The highest BCUT2D eigenvalue weighted by Crippen LogP contribution is 2.27. The van der Waals surface area contributed by atoms with Gasteiger partial charge < -0.3 is 14.8 Å². The van der Waals surface area contributed by atoms with Gasteiger partial charge in [-0.3, -0.25) is 4.99 Å². The van der Waals surface area contributed by atoms with Crippen molar-refractivity contribution in [2.75, 3.05) is 45.0 Å². The van der Waals surface area contributed by atoms with Crippen molar-refractivity contribution in [1.29, 1.82) is 0 Å². The summed E-state index contributed by atoms with van der Waals surface area (Å²) in [6.45, 7) is 8.55. The van der Waals surface area contributed by atoms with Crippen LogP contribution in [0.3, 0.4) is 0 Å². The van der Waals surface area contributed by atoms with E-state index >= 15 is 0 Å². The fourth-order valence-corrected chi connectivity index (χ4v) is 5.25. The van der Waals surface area contributed by atoms with Crippen LogP contribution in [0.1, 0.15) is 32.7 Å². The molecule has 2 aliphatic heterocycles. The molecule has 2 saturated heterocycles. The number of hydrogen-bond acceptors (Lipinski definition) is 4. The molecular weight excluding hydrogens is 352 g/mol. The maximum Gasteiger partial charge on any atom is 0.214 e. The van der Waals surface area contributed by atoms with E-state index < -0.39 is 10.0 Å². The molecule has 2 aliphatic rings. The van der Waals surface area contributed by atoms with Gasteiger partial charge in [-0.25, -0.2) is 17.7 Å². The van der Waals surface area contributed by atoms with Gasteiger partial charge in [-0.05, 0) is 25.7 Å². The van der Waals surface area contributed by atoms with E-state index in [0.29, 0.717) is 31.6 Å². The summed E-state index contributed by atoms with van der Waals surface area (Å²) >= 11 is 0. The molecule has 2 atom stereocenters. The van der Waals surface area contributed by atoms with Gasteiger partial charge in [-0.2, -0.15) is 0 Å². The molecule has 0 saturated carbocycles. The van der Waals surface area contributed by atoms with Crippen LogP contribution in [0.15, 0.2) is 23.7 Å². The second kappa shape index (κ2) is 8.39. The summed E-state index contributed by atoms with van der Waals surface area (Å²) in [6, 6.07) is 0.370. The first-order valence-electron chi connectivity index (χ1n) is 9.50. The summed E-state index contributed by atoms with van der Waals surface area (Å²) < 4.78 is 27.6. The van der Waals surface area contributed by atoms with Gasteiger partial charge in [0.25, 0.3) is 0 Å². The molecule has 1 aromatic heterocycles. The van der Waals surface area contributed by atoms with Crippen LogP contribution < -0.4 is 5.32 Å². The van der Waals surface area contributed by atoms with E-state index in [-0.39, 0.29) is 5.75 Å². The Morgan fingerprint density at radius 3 is 2.88 bits per heavy atom. The average molecular weight is 383 g/mol. The van der Waals surface area contributed by atoms with E-state index in [1.54, 1.807) is 4.31 Å². The lowest BCUT2D eigenvalue weighted by Gasteiger charge is -2.39. The van der Waals surface area contributed by atoms with Crippen molar-refractivity contribution >= 4 is 16.0 Å². The predicted octanol–water partition coefficient (Wildman–Crippen LogP) is 0.767. The zero-order valence-corrected chi connectivity index (χ0v) is 16.5. The highest BCUT2D eigenvalue weighted by Gasteiger charge is 2.30. The molecule has 2 fully saturated rings. The van der Waals surface area contributed by atoms with Crippen molar-refractivity contribution in [3.63, 3.8) is 0 Å². The number of likely N-dealkylation sites (tertiary alicyclic amines) is 1. The van der Waals surface area contributed by atoms with Crippen LogP contribution in [0.4, 0.5) is 0 Å². The van der Waals surface area contributed by atoms with Crippen molar-refractivity contribution in [2.24, 2.45) is 10.9 Å². The lowest BCUT2D eigenvalue weighted by atomic mass is 9.93. The molecule has 146 valence electrons. The molecule has 0 spiro atoms. The van der Waals surface area contributed by atoms with Crippen molar-refractivity contribution in [3.05, 3.63) is 18.7 Å². The quantitative estimate of drug-likeness (QED) is 0.601. The van der Waals surface area contributed by atoms with E-state index in [1.165, 1.54) is 0 Å². The molecular formula is C17H30N6O2S. The summed E-state index contributed by atoms with van der Waals surface area (Å²) in [4.78, 5) is 11.2. The summed E-state index contributed by atoms with van der Waals surface area (Å²) in [6.07, 6.45) is 7.54. The van der Waals surface area contributed by atoms with Gasteiger partial charge in [0.1, 0.15) is 0 Å². The highest BCUT2D eigenvalue weighted by molar-refractivity contribution is 7.89. The van der Waals surface area contributed by atoms with Crippen molar-refractivity contribution < 1.29 is 8.42 Å². The minimum Gasteiger partial charge on any atom is -0.357 e. The van der Waals surface area contributed by atoms with Crippen LogP contribution in [-0.4, -0.2) is 78.2 Å². The number of guanidine groups is 1. The number of nitrogens with one attached hydrogen (secondary N) is 1. The maximum absolute atomic E-state index is 11.9. The number of sulfonamides is 1. The molecule has 26 heavy (non-hydrogen) atoms. The first-order valence-corrected chi connectivity index (χ1v) is 11.1. The van der Waals surface area contributed by atoms with Crippen molar-refractivity contribution in [1.82, 2.24) is 24.1 Å². The Balaban J connectivity index is 1.64. The first-order chi connectivity index (χ1) is 12.5. The number of rotatable bonds is 5. The van der Waals surface area contributed by atoms with Gasteiger partial charge >= 0.3 is 0 Å². The number of imidazole rings is 1. The van der Waals surface area contributed by atoms with E-state index in [1.807, 2.05) is 18.7 Å². The number of piperidine rings is 1. The standard InChI is InChI=1S/C17H30N6O2S/c1-3-19-17(20-7-11-23-8-4-12-26(23,24)25)21-9-5-15(2)16(13-21)22-10-6-18-14-22/h6,10,14-16H,3-5,7-9,11-13H2,1-2H3,(H,19,20). The molecule has 0 aliphatic carbocycles.